The maximum Gasteiger partial charge on any atom is 0.326 e. The number of aryl methyl sites for hydroxylation is 2. The maximum atomic E-state index is 12.1. The molecule has 0 aromatic carbocycles. The van der Waals surface area contributed by atoms with Crippen LogP contribution in [0.3, 0.4) is 0 Å². The number of fused-ring (bicyclic) bond motifs is 2. The minimum absolute atomic E-state index is 0.356. The van der Waals surface area contributed by atoms with Gasteiger partial charge in [0, 0.05) is 31.5 Å². The first kappa shape index (κ1) is 26.7. The van der Waals surface area contributed by atoms with Gasteiger partial charge < -0.3 is 25.7 Å². The van der Waals surface area contributed by atoms with E-state index in [9.17, 15) is 15.0 Å². The Bertz CT molecular complexity index is 1190. The Morgan fingerprint density at radius 3 is 2.86 bits per heavy atom. The molecule has 10 heteroatoms. The zero-order chi connectivity index (χ0) is 26.3. The summed E-state index contributed by atoms with van der Waals surface area (Å²) in [5.74, 6) is 0.518. The lowest BCUT2D eigenvalue weighted by Crippen LogP contribution is -2.42. The fourth-order valence-corrected chi connectivity index (χ4v) is 4.71. The second-order valence-electron chi connectivity index (χ2n) is 10.3. The van der Waals surface area contributed by atoms with E-state index in [1.807, 2.05) is 6.07 Å². The van der Waals surface area contributed by atoms with E-state index >= 15 is 0 Å². The number of aliphatic carboxylic acids is 1. The van der Waals surface area contributed by atoms with Gasteiger partial charge in [0.05, 0.1) is 11.0 Å². The highest BCUT2D eigenvalue weighted by molar-refractivity contribution is 5.88. The van der Waals surface area contributed by atoms with E-state index in [4.69, 9.17) is 4.98 Å². The number of aromatic nitrogens is 4. The number of nitrogens with zero attached hydrogens (tertiary/aromatic N) is 5. The summed E-state index contributed by atoms with van der Waals surface area (Å²) in [6, 6.07) is 7.05. The summed E-state index contributed by atoms with van der Waals surface area (Å²) in [6.45, 7) is 6.27. The summed E-state index contributed by atoms with van der Waals surface area (Å²) in [5, 5.41) is 27.4. The number of carboxylic acid groups (broad SMARTS) is 1. The number of carboxylic acids is 1. The van der Waals surface area contributed by atoms with E-state index in [1.54, 1.807) is 26.1 Å². The number of aliphatic hydroxyl groups is 1. The molecule has 0 saturated carbocycles. The molecule has 1 atom stereocenters. The molecule has 3 aromatic heterocycles. The van der Waals surface area contributed by atoms with Crippen molar-refractivity contribution in [2.45, 2.75) is 64.0 Å². The van der Waals surface area contributed by atoms with Crippen LogP contribution in [0.15, 0.2) is 36.8 Å². The third-order valence-corrected chi connectivity index (χ3v) is 6.47. The molecule has 0 aliphatic carbocycles. The largest absolute Gasteiger partial charge is 0.480 e. The highest BCUT2D eigenvalue weighted by Gasteiger charge is 2.23. The number of unbranched alkanes of at least 4 members (excludes halogenated alkanes) is 1. The fourth-order valence-electron chi connectivity index (χ4n) is 4.71. The topological polar surface area (TPSA) is 136 Å². The number of rotatable bonds is 13. The van der Waals surface area contributed by atoms with Crippen molar-refractivity contribution in [3.63, 3.8) is 0 Å². The standard InChI is InChI=1S/C27H37N7O3/c1-27(2,37)17-34(15-4-3-8-20-11-10-19-7-5-13-28-23(19)32-20)16-12-22(26(35)36)33-25-21-9-6-14-29-24(21)30-18-31-25/h6,9-11,14,18,22,37H,3-5,7-8,12-13,15-17H2,1-2H3,(H,28,32)(H,35,36)(H,29,30,31,33). The van der Waals surface area contributed by atoms with Crippen LogP contribution in [0.1, 0.15) is 50.8 Å². The van der Waals surface area contributed by atoms with Gasteiger partial charge in [0.1, 0.15) is 24.0 Å². The Hall–Kier alpha value is -3.37. The monoisotopic (exact) mass is 507 g/mol. The molecule has 0 saturated heterocycles. The number of hydrogen-bond donors (Lipinski definition) is 4. The van der Waals surface area contributed by atoms with Gasteiger partial charge in [-0.2, -0.15) is 0 Å². The third-order valence-electron chi connectivity index (χ3n) is 6.47. The van der Waals surface area contributed by atoms with Crippen LogP contribution in [0.2, 0.25) is 0 Å². The molecule has 10 nitrogen and oxygen atoms in total. The van der Waals surface area contributed by atoms with Crippen molar-refractivity contribution in [3.8, 4) is 0 Å². The van der Waals surface area contributed by atoms with Gasteiger partial charge in [-0.1, -0.05) is 6.07 Å². The molecule has 0 amide bonds. The minimum atomic E-state index is -0.953. The van der Waals surface area contributed by atoms with Gasteiger partial charge >= 0.3 is 5.97 Å². The average Bonchev–Trinajstić information content (AvgIpc) is 2.87. The normalized spacial score (nSPS) is 14.3. The Morgan fingerprint density at radius 2 is 2.05 bits per heavy atom. The van der Waals surface area contributed by atoms with Crippen LogP contribution in [0.4, 0.5) is 11.6 Å². The van der Waals surface area contributed by atoms with Crippen LogP contribution < -0.4 is 10.6 Å². The van der Waals surface area contributed by atoms with E-state index < -0.39 is 17.6 Å². The molecule has 4 heterocycles. The van der Waals surface area contributed by atoms with Crippen molar-refractivity contribution >= 4 is 28.6 Å². The van der Waals surface area contributed by atoms with Crippen molar-refractivity contribution in [1.82, 2.24) is 24.8 Å². The quantitative estimate of drug-likeness (QED) is 0.255. The number of anilines is 2. The Kier molecular flexibility index (Phi) is 8.83. The predicted molar refractivity (Wildman–Crippen MR) is 144 cm³/mol. The zero-order valence-electron chi connectivity index (χ0n) is 21.7. The van der Waals surface area contributed by atoms with Gasteiger partial charge in [0.25, 0.3) is 0 Å². The van der Waals surface area contributed by atoms with E-state index in [0.29, 0.717) is 36.4 Å². The number of carbonyl (C=O) groups is 1. The predicted octanol–water partition coefficient (Wildman–Crippen LogP) is 3.13. The fraction of sp³-hybridized carbons (Fsp3) is 0.519. The third kappa shape index (κ3) is 7.80. The van der Waals surface area contributed by atoms with Gasteiger partial charge in [0.15, 0.2) is 5.65 Å². The van der Waals surface area contributed by atoms with E-state index in [2.05, 4.69) is 42.6 Å². The molecule has 4 N–H and O–H groups in total. The summed E-state index contributed by atoms with van der Waals surface area (Å²) >= 11 is 0. The number of pyridine rings is 2. The molecule has 0 bridgehead atoms. The first-order valence-corrected chi connectivity index (χ1v) is 13.0. The molecule has 37 heavy (non-hydrogen) atoms. The molecule has 0 fully saturated rings. The van der Waals surface area contributed by atoms with E-state index in [1.165, 1.54) is 11.9 Å². The summed E-state index contributed by atoms with van der Waals surface area (Å²) < 4.78 is 0. The van der Waals surface area contributed by atoms with Crippen molar-refractivity contribution in [2.24, 2.45) is 0 Å². The average molecular weight is 508 g/mol. The smallest absolute Gasteiger partial charge is 0.326 e. The lowest BCUT2D eigenvalue weighted by Gasteiger charge is -2.30. The summed E-state index contributed by atoms with van der Waals surface area (Å²) in [7, 11) is 0. The Morgan fingerprint density at radius 1 is 1.19 bits per heavy atom. The van der Waals surface area contributed by atoms with E-state index in [-0.39, 0.29) is 0 Å². The Balaban J connectivity index is 1.33. The van der Waals surface area contributed by atoms with Crippen LogP contribution in [0, 0.1) is 0 Å². The first-order chi connectivity index (χ1) is 17.8. The van der Waals surface area contributed by atoms with Gasteiger partial charge in [0.2, 0.25) is 0 Å². The van der Waals surface area contributed by atoms with Crippen molar-refractivity contribution in [2.75, 3.05) is 36.8 Å². The van der Waals surface area contributed by atoms with Gasteiger partial charge in [-0.15, -0.1) is 0 Å². The Labute approximate surface area is 217 Å². The van der Waals surface area contributed by atoms with Gasteiger partial charge in [-0.05, 0) is 82.7 Å². The molecule has 0 spiro atoms. The molecule has 1 unspecified atom stereocenters. The number of hydrogen-bond acceptors (Lipinski definition) is 9. The van der Waals surface area contributed by atoms with Crippen LogP contribution in [-0.4, -0.2) is 78.8 Å². The SMILES string of the molecule is CC(C)(O)CN(CCCCc1ccc2c(n1)NCCC2)CCC(Nc1ncnc2ncccc12)C(=O)O. The molecule has 198 valence electrons. The zero-order valence-corrected chi connectivity index (χ0v) is 21.7. The van der Waals surface area contributed by atoms with Gasteiger partial charge in [-0.25, -0.2) is 24.7 Å². The highest BCUT2D eigenvalue weighted by Crippen LogP contribution is 2.21. The van der Waals surface area contributed by atoms with Gasteiger partial charge in [-0.3, -0.25) is 0 Å². The lowest BCUT2D eigenvalue weighted by molar-refractivity contribution is -0.138. The van der Waals surface area contributed by atoms with Crippen molar-refractivity contribution < 1.29 is 15.0 Å². The summed E-state index contributed by atoms with van der Waals surface area (Å²) in [6.07, 6.45) is 8.39. The minimum Gasteiger partial charge on any atom is -0.480 e. The van der Waals surface area contributed by atoms with Crippen molar-refractivity contribution in [3.05, 3.63) is 48.0 Å². The second kappa shape index (κ2) is 12.2. The molecule has 0 radical (unpaired) electrons. The molecule has 1 aliphatic heterocycles. The summed E-state index contributed by atoms with van der Waals surface area (Å²) in [5.41, 5.74) is 2.01. The highest BCUT2D eigenvalue weighted by atomic mass is 16.4. The summed E-state index contributed by atoms with van der Waals surface area (Å²) in [4.78, 5) is 31.6. The van der Waals surface area contributed by atoms with Crippen LogP contribution in [0.25, 0.3) is 11.0 Å². The number of nitrogens with one attached hydrogen (secondary N) is 2. The molecule has 4 rings (SSSR count). The van der Waals surface area contributed by atoms with Crippen LogP contribution in [-0.2, 0) is 17.6 Å². The molecular formula is C27H37N7O3. The second-order valence-corrected chi connectivity index (χ2v) is 10.3. The van der Waals surface area contributed by atoms with Crippen LogP contribution >= 0.6 is 0 Å². The molecular weight excluding hydrogens is 470 g/mol. The van der Waals surface area contributed by atoms with E-state index in [0.717, 1.165) is 56.7 Å². The maximum absolute atomic E-state index is 12.1. The molecule has 1 aliphatic rings. The van der Waals surface area contributed by atoms with Crippen LogP contribution in [0.5, 0.6) is 0 Å². The first-order valence-electron chi connectivity index (χ1n) is 13.0. The lowest BCUT2D eigenvalue weighted by atomic mass is 10.1. The molecule has 3 aromatic rings. The van der Waals surface area contributed by atoms with Crippen molar-refractivity contribution in [1.29, 1.82) is 0 Å².